The van der Waals surface area contributed by atoms with Crippen LogP contribution in [0.3, 0.4) is 0 Å². The summed E-state index contributed by atoms with van der Waals surface area (Å²) < 4.78 is 14.6. The molecular weight excluding hydrogens is 1500 g/mol. The van der Waals surface area contributed by atoms with Crippen molar-refractivity contribution in [3.05, 3.63) is 461 Å². The summed E-state index contributed by atoms with van der Waals surface area (Å²) in [4.78, 5) is 0. The van der Waals surface area contributed by atoms with Gasteiger partial charge in [-0.1, -0.05) is 309 Å². The van der Waals surface area contributed by atoms with Gasteiger partial charge in [0.1, 0.15) is 0 Å². The molecule has 0 fully saturated rings. The number of rotatable bonds is 11. The van der Waals surface area contributed by atoms with Crippen molar-refractivity contribution in [2.45, 2.75) is 0 Å². The quantitative estimate of drug-likeness (QED) is 0.124. The van der Waals surface area contributed by atoms with E-state index in [0.29, 0.717) is 0 Å². The Balaban J connectivity index is 0.000000136. The summed E-state index contributed by atoms with van der Waals surface area (Å²) in [5, 5.41) is 17.4. The molecule has 0 radical (unpaired) electrons. The standard InChI is InChI=1S/C60H39N3.C58H37N3/c1-4-16-40(17-5-1)42-30-33-45(34-31-42)62-53-26-12-10-22-49(53)59-47(24-14-28-57(59)62)48-25-15-29-58-60(48)50-23-11-13-27-54(50)63(58)46-35-37-56-52(39-46)51-38-43(41-18-6-2-7-19-41)32-36-55(51)61(56)44-20-8-3-9-21-44;1-3-16-38(17-4-1)40-32-34-53-48(36-40)49-37-42(33-35-54(49)59(53)41-20-5-2-6-21-41)60-51-27-11-9-23-46(51)57-44(25-14-30-55(57)60)45-26-15-31-56-58(45)47-24-10-12-28-52(47)61(56)50-29-13-19-39-18-7-8-22-43(39)50/h1-39H;1-37H. The summed E-state index contributed by atoms with van der Waals surface area (Å²) in [5.41, 5.74) is 33.4. The van der Waals surface area contributed by atoms with Gasteiger partial charge in [0.05, 0.1) is 71.9 Å². The molecule has 6 heteroatoms. The molecule has 0 unspecified atom stereocenters. The minimum absolute atomic E-state index is 1.14. The molecule has 0 aliphatic heterocycles. The minimum atomic E-state index is 1.14. The molecule has 578 valence electrons. The van der Waals surface area contributed by atoms with Crippen LogP contribution in [0.25, 0.3) is 231 Å². The second-order valence-electron chi connectivity index (χ2n) is 32.6. The zero-order valence-electron chi connectivity index (χ0n) is 67.6. The molecule has 26 rings (SSSR count). The first kappa shape index (κ1) is 70.5. The van der Waals surface area contributed by atoms with Crippen LogP contribution < -0.4 is 0 Å². The maximum atomic E-state index is 2.47. The van der Waals surface area contributed by atoms with Gasteiger partial charge in [-0.15, -0.1) is 0 Å². The Hall–Kier alpha value is -16.5. The van der Waals surface area contributed by atoms with Crippen molar-refractivity contribution in [1.82, 2.24) is 27.4 Å². The number of hydrogen-bond donors (Lipinski definition) is 0. The van der Waals surface area contributed by atoms with Crippen LogP contribution in [-0.4, -0.2) is 27.4 Å². The van der Waals surface area contributed by atoms with Gasteiger partial charge in [-0.25, -0.2) is 0 Å². The fourth-order valence-electron chi connectivity index (χ4n) is 20.5. The lowest BCUT2D eigenvalue weighted by molar-refractivity contribution is 1.17. The zero-order valence-corrected chi connectivity index (χ0v) is 67.6. The molecule has 0 saturated heterocycles. The number of benzene rings is 20. The van der Waals surface area contributed by atoms with Crippen molar-refractivity contribution in [1.29, 1.82) is 0 Å². The minimum Gasteiger partial charge on any atom is -0.309 e. The van der Waals surface area contributed by atoms with Crippen molar-refractivity contribution in [2.24, 2.45) is 0 Å². The highest BCUT2D eigenvalue weighted by atomic mass is 15.0. The molecule has 0 spiro atoms. The van der Waals surface area contributed by atoms with Gasteiger partial charge in [0.2, 0.25) is 0 Å². The van der Waals surface area contributed by atoms with Crippen LogP contribution in [0.2, 0.25) is 0 Å². The molecular formula is C118H76N6. The summed E-state index contributed by atoms with van der Waals surface area (Å²) in [7, 11) is 0. The molecule has 6 aromatic heterocycles. The average Bonchev–Trinajstić information content (AvgIpc) is 1.55. The van der Waals surface area contributed by atoms with E-state index < -0.39 is 0 Å². The Kier molecular flexibility index (Phi) is 16.3. The van der Waals surface area contributed by atoms with Crippen molar-refractivity contribution in [3.63, 3.8) is 0 Å². The molecule has 0 bridgehead atoms. The highest BCUT2D eigenvalue weighted by Crippen LogP contribution is 2.49. The summed E-state index contributed by atoms with van der Waals surface area (Å²) in [5.74, 6) is 0. The molecule has 124 heavy (non-hydrogen) atoms. The molecule has 26 aromatic rings. The fourth-order valence-corrected chi connectivity index (χ4v) is 20.5. The highest BCUT2D eigenvalue weighted by Gasteiger charge is 2.26. The van der Waals surface area contributed by atoms with Gasteiger partial charge in [0.25, 0.3) is 0 Å². The normalized spacial score (nSPS) is 11.9. The van der Waals surface area contributed by atoms with Gasteiger partial charge >= 0.3 is 0 Å². The van der Waals surface area contributed by atoms with E-state index in [9.17, 15) is 0 Å². The predicted molar refractivity (Wildman–Crippen MR) is 524 cm³/mol. The number of nitrogens with zero attached hydrogens (tertiary/aromatic N) is 6. The Bertz CT molecular complexity index is 8760. The smallest absolute Gasteiger partial charge is 0.0547 e. The Morgan fingerprint density at radius 1 is 0.121 bits per heavy atom. The van der Waals surface area contributed by atoms with E-state index >= 15 is 0 Å². The van der Waals surface area contributed by atoms with Crippen LogP contribution >= 0.6 is 0 Å². The molecule has 0 atom stereocenters. The molecule has 0 aliphatic carbocycles. The SMILES string of the molecule is c1ccc(-c2ccc(-n3c4ccccc4c4c(-c5cccc6c5c5ccccc5n6-c5ccc6c(c5)c5cc(-c7ccccc7)ccc5n6-c5ccccc5)cccc43)cc2)cc1.c1ccc(-c2ccc3c(c2)c2cc(-n4c5ccccc5c5c(-c6cccc7c6c6ccccc6n7-c6cccc7ccccc67)cccc54)ccc2n3-c2ccccc2)cc1. The lowest BCUT2D eigenvalue weighted by Gasteiger charge is -2.12. The maximum Gasteiger partial charge on any atom is 0.0547 e. The first-order chi connectivity index (χ1) is 61.6. The first-order valence-electron chi connectivity index (χ1n) is 42.7. The molecule has 0 amide bonds. The summed E-state index contributed by atoms with van der Waals surface area (Å²) in [6.07, 6.45) is 0. The Morgan fingerprint density at radius 2 is 0.363 bits per heavy atom. The third kappa shape index (κ3) is 11.1. The number of para-hydroxylation sites is 6. The van der Waals surface area contributed by atoms with E-state index in [-0.39, 0.29) is 0 Å². The van der Waals surface area contributed by atoms with Crippen LogP contribution in [0.4, 0.5) is 0 Å². The van der Waals surface area contributed by atoms with E-state index in [1.54, 1.807) is 0 Å². The van der Waals surface area contributed by atoms with Crippen molar-refractivity contribution in [3.8, 4) is 89.8 Å². The molecule has 20 aromatic carbocycles. The van der Waals surface area contributed by atoms with Crippen LogP contribution in [-0.2, 0) is 0 Å². The van der Waals surface area contributed by atoms with Crippen LogP contribution in [0, 0.1) is 0 Å². The van der Waals surface area contributed by atoms with E-state index in [0.717, 1.165) is 28.4 Å². The van der Waals surface area contributed by atoms with Gasteiger partial charge in [-0.2, -0.15) is 0 Å². The van der Waals surface area contributed by atoms with Gasteiger partial charge in [-0.05, 0) is 213 Å². The molecule has 0 aliphatic rings. The van der Waals surface area contributed by atoms with Crippen molar-refractivity contribution < 1.29 is 0 Å². The van der Waals surface area contributed by atoms with E-state index in [1.807, 2.05) is 0 Å². The number of hydrogen-bond acceptors (Lipinski definition) is 0. The Labute approximate surface area is 714 Å². The van der Waals surface area contributed by atoms with Crippen LogP contribution in [0.1, 0.15) is 0 Å². The van der Waals surface area contributed by atoms with E-state index in [4.69, 9.17) is 0 Å². The van der Waals surface area contributed by atoms with Crippen LogP contribution in [0.5, 0.6) is 0 Å². The summed E-state index contributed by atoms with van der Waals surface area (Å²) >= 11 is 0. The molecule has 0 saturated carbocycles. The maximum absolute atomic E-state index is 2.47. The molecule has 6 nitrogen and oxygen atoms in total. The number of aromatic nitrogens is 6. The highest BCUT2D eigenvalue weighted by molar-refractivity contribution is 6.25. The summed E-state index contributed by atoms with van der Waals surface area (Å²) in [6, 6.07) is 169. The average molecular weight is 1580 g/mol. The second kappa shape index (κ2) is 28.6. The molecule has 0 N–H and O–H groups in total. The van der Waals surface area contributed by atoms with Crippen molar-refractivity contribution in [2.75, 3.05) is 0 Å². The topological polar surface area (TPSA) is 29.6 Å². The second-order valence-corrected chi connectivity index (χ2v) is 32.6. The van der Waals surface area contributed by atoms with Gasteiger partial charge in [0, 0.05) is 98.5 Å². The van der Waals surface area contributed by atoms with E-state index in [2.05, 4.69) is 488 Å². The lowest BCUT2D eigenvalue weighted by atomic mass is 9.95. The van der Waals surface area contributed by atoms with Crippen LogP contribution in [0.15, 0.2) is 461 Å². The van der Waals surface area contributed by atoms with Crippen molar-refractivity contribution >= 4 is 142 Å². The Morgan fingerprint density at radius 3 is 0.766 bits per heavy atom. The summed E-state index contributed by atoms with van der Waals surface area (Å²) in [6.45, 7) is 0. The third-order valence-corrected chi connectivity index (χ3v) is 25.9. The predicted octanol–water partition coefficient (Wildman–Crippen LogP) is 31.4. The zero-order chi connectivity index (χ0) is 81.5. The number of fused-ring (bicyclic) bond motifs is 19. The lowest BCUT2D eigenvalue weighted by Crippen LogP contribution is -1.96. The monoisotopic (exact) mass is 1580 g/mol. The van der Waals surface area contributed by atoms with Gasteiger partial charge in [0.15, 0.2) is 0 Å². The first-order valence-corrected chi connectivity index (χ1v) is 42.7. The fraction of sp³-hybridized carbons (Fsp3) is 0. The van der Waals surface area contributed by atoms with Gasteiger partial charge in [-0.3, -0.25) is 0 Å². The molecule has 6 heterocycles. The van der Waals surface area contributed by atoms with Gasteiger partial charge < -0.3 is 27.4 Å². The van der Waals surface area contributed by atoms with E-state index in [1.165, 1.54) is 203 Å². The largest absolute Gasteiger partial charge is 0.309 e. The third-order valence-electron chi connectivity index (χ3n) is 25.9.